The van der Waals surface area contributed by atoms with E-state index in [-0.39, 0.29) is 22.6 Å². The third kappa shape index (κ3) is 6.30. The molecule has 3 atom stereocenters. The van der Waals surface area contributed by atoms with Crippen LogP contribution in [-0.4, -0.2) is 22.6 Å². The fraction of sp³-hybridized carbons (Fsp3) is 0.882. The van der Waals surface area contributed by atoms with E-state index in [1.54, 1.807) is 11.8 Å². The standard InChI is InChI=1S/C17H29NO2S/c1-16(2,3)13-8-7-12(10-18)14(9-13)21-11-15(19)20-17(4,5)6/h12-14H,7-9,11H2,1-6H3. The Bertz CT molecular complexity index is 400. The summed E-state index contributed by atoms with van der Waals surface area (Å²) in [5.74, 6) is 0.855. The fourth-order valence-electron chi connectivity index (χ4n) is 2.79. The van der Waals surface area contributed by atoms with Crippen LogP contribution in [0.2, 0.25) is 0 Å². The zero-order valence-electron chi connectivity index (χ0n) is 14.2. The first-order chi connectivity index (χ1) is 9.53. The lowest BCUT2D eigenvalue weighted by molar-refractivity contribution is -0.151. The number of esters is 1. The van der Waals surface area contributed by atoms with Gasteiger partial charge >= 0.3 is 5.97 Å². The second kappa shape index (κ2) is 7.05. The molecule has 3 nitrogen and oxygen atoms in total. The summed E-state index contributed by atoms with van der Waals surface area (Å²) in [5, 5.41) is 9.57. The molecule has 0 aromatic rings. The van der Waals surface area contributed by atoms with Crippen molar-refractivity contribution in [2.75, 3.05) is 5.75 Å². The summed E-state index contributed by atoms with van der Waals surface area (Å²) in [4.78, 5) is 11.8. The first-order valence-electron chi connectivity index (χ1n) is 7.76. The smallest absolute Gasteiger partial charge is 0.316 e. The Morgan fingerprint density at radius 3 is 2.33 bits per heavy atom. The molecule has 0 heterocycles. The number of carbonyl (C=O) groups excluding carboxylic acids is 1. The maximum Gasteiger partial charge on any atom is 0.316 e. The molecule has 4 heteroatoms. The van der Waals surface area contributed by atoms with Gasteiger partial charge in [-0.1, -0.05) is 20.8 Å². The highest BCUT2D eigenvalue weighted by Gasteiger charge is 2.36. The average molecular weight is 311 g/mol. The number of rotatable bonds is 3. The van der Waals surface area contributed by atoms with Gasteiger partial charge in [-0.15, -0.1) is 11.8 Å². The number of carbonyl (C=O) groups is 1. The predicted octanol–water partition coefficient (Wildman–Crippen LogP) is 4.42. The molecule has 0 aliphatic heterocycles. The Balaban J connectivity index is 2.57. The van der Waals surface area contributed by atoms with Crippen molar-refractivity contribution in [3.8, 4) is 6.07 Å². The van der Waals surface area contributed by atoms with E-state index in [1.165, 1.54) is 0 Å². The number of thioether (sulfide) groups is 1. The molecular weight excluding hydrogens is 282 g/mol. The fourth-order valence-corrected chi connectivity index (χ4v) is 4.00. The molecule has 120 valence electrons. The van der Waals surface area contributed by atoms with Crippen LogP contribution in [0.15, 0.2) is 0 Å². The van der Waals surface area contributed by atoms with Gasteiger partial charge in [-0.05, 0) is 51.4 Å². The van der Waals surface area contributed by atoms with E-state index in [9.17, 15) is 10.1 Å². The van der Waals surface area contributed by atoms with Gasteiger partial charge in [0.15, 0.2) is 0 Å². The van der Waals surface area contributed by atoms with Gasteiger partial charge in [0, 0.05) is 5.25 Å². The highest BCUT2D eigenvalue weighted by molar-refractivity contribution is 8.00. The molecule has 0 spiro atoms. The Morgan fingerprint density at radius 2 is 1.86 bits per heavy atom. The van der Waals surface area contributed by atoms with Crippen molar-refractivity contribution >= 4 is 17.7 Å². The van der Waals surface area contributed by atoms with E-state index in [4.69, 9.17) is 4.74 Å². The topological polar surface area (TPSA) is 50.1 Å². The molecule has 1 aliphatic rings. The van der Waals surface area contributed by atoms with Gasteiger partial charge in [0.25, 0.3) is 0 Å². The van der Waals surface area contributed by atoms with Gasteiger partial charge in [-0.2, -0.15) is 5.26 Å². The van der Waals surface area contributed by atoms with Gasteiger partial charge in [-0.3, -0.25) is 4.79 Å². The zero-order valence-corrected chi connectivity index (χ0v) is 15.0. The number of hydrogen-bond donors (Lipinski definition) is 0. The minimum atomic E-state index is -0.438. The molecule has 0 saturated heterocycles. The van der Waals surface area contributed by atoms with Crippen molar-refractivity contribution in [3.63, 3.8) is 0 Å². The van der Waals surface area contributed by atoms with Crippen LogP contribution < -0.4 is 0 Å². The summed E-state index contributed by atoms with van der Waals surface area (Å²) >= 11 is 1.60. The molecule has 0 amide bonds. The second-order valence-corrected chi connectivity index (χ2v) is 9.28. The highest BCUT2D eigenvalue weighted by atomic mass is 32.2. The number of nitrogens with zero attached hydrogens (tertiary/aromatic N) is 1. The van der Waals surface area contributed by atoms with E-state index in [0.29, 0.717) is 11.7 Å². The van der Waals surface area contributed by atoms with Gasteiger partial charge in [0.05, 0.1) is 17.7 Å². The number of nitriles is 1. The first-order valence-corrected chi connectivity index (χ1v) is 8.81. The van der Waals surface area contributed by atoms with Crippen molar-refractivity contribution in [1.29, 1.82) is 5.26 Å². The molecule has 1 saturated carbocycles. The maximum atomic E-state index is 11.8. The van der Waals surface area contributed by atoms with Gasteiger partial charge in [-0.25, -0.2) is 0 Å². The van der Waals surface area contributed by atoms with E-state index in [0.717, 1.165) is 19.3 Å². The minimum absolute atomic E-state index is 0.0658. The number of ether oxygens (including phenoxy) is 1. The third-order valence-corrected chi connectivity index (χ3v) is 5.37. The molecule has 0 radical (unpaired) electrons. The Hall–Kier alpha value is -0.690. The highest BCUT2D eigenvalue weighted by Crippen LogP contribution is 2.43. The SMILES string of the molecule is CC(C)(C)OC(=O)CSC1CC(C(C)(C)C)CCC1C#N. The van der Waals surface area contributed by atoms with Crippen LogP contribution in [0.25, 0.3) is 0 Å². The normalized spacial score (nSPS) is 27.0. The molecule has 0 aromatic heterocycles. The Morgan fingerprint density at radius 1 is 1.24 bits per heavy atom. The van der Waals surface area contributed by atoms with E-state index in [2.05, 4.69) is 26.8 Å². The van der Waals surface area contributed by atoms with Gasteiger partial charge in [0.1, 0.15) is 5.60 Å². The lowest BCUT2D eigenvalue weighted by atomic mass is 9.70. The summed E-state index contributed by atoms with van der Waals surface area (Å²) in [6, 6.07) is 2.43. The van der Waals surface area contributed by atoms with Crippen LogP contribution in [0, 0.1) is 28.6 Å². The molecule has 3 unspecified atom stereocenters. The Kier molecular flexibility index (Phi) is 6.16. The molecular formula is C17H29NO2S. The van der Waals surface area contributed by atoms with E-state index < -0.39 is 5.60 Å². The van der Waals surface area contributed by atoms with Crippen molar-refractivity contribution in [1.82, 2.24) is 0 Å². The first kappa shape index (κ1) is 18.4. The van der Waals surface area contributed by atoms with Gasteiger partial charge in [0.2, 0.25) is 0 Å². The molecule has 21 heavy (non-hydrogen) atoms. The lowest BCUT2D eigenvalue weighted by Gasteiger charge is -2.39. The van der Waals surface area contributed by atoms with Crippen LogP contribution in [-0.2, 0) is 9.53 Å². The van der Waals surface area contributed by atoms with Crippen molar-refractivity contribution in [3.05, 3.63) is 0 Å². The summed E-state index contributed by atoms with van der Waals surface area (Å²) in [6.45, 7) is 12.4. The van der Waals surface area contributed by atoms with Gasteiger partial charge < -0.3 is 4.74 Å². The summed E-state index contributed by atoms with van der Waals surface area (Å²) in [7, 11) is 0. The molecule has 0 N–H and O–H groups in total. The van der Waals surface area contributed by atoms with Crippen LogP contribution >= 0.6 is 11.8 Å². The van der Waals surface area contributed by atoms with Crippen LogP contribution in [0.3, 0.4) is 0 Å². The molecule has 0 aromatic carbocycles. The molecule has 0 bridgehead atoms. The summed E-state index contributed by atoms with van der Waals surface area (Å²) < 4.78 is 5.35. The summed E-state index contributed by atoms with van der Waals surface area (Å²) in [5.41, 5.74) is -0.169. The van der Waals surface area contributed by atoms with Crippen LogP contribution in [0.4, 0.5) is 0 Å². The minimum Gasteiger partial charge on any atom is -0.459 e. The zero-order chi connectivity index (χ0) is 16.3. The Labute approximate surface area is 133 Å². The molecule has 1 fully saturated rings. The largest absolute Gasteiger partial charge is 0.459 e. The predicted molar refractivity (Wildman–Crippen MR) is 88.0 cm³/mol. The van der Waals surface area contributed by atoms with Crippen molar-refractivity contribution in [2.45, 2.75) is 71.7 Å². The molecule has 1 rings (SSSR count). The van der Waals surface area contributed by atoms with Crippen LogP contribution in [0.1, 0.15) is 60.8 Å². The lowest BCUT2D eigenvalue weighted by Crippen LogP contribution is -2.34. The monoisotopic (exact) mass is 311 g/mol. The molecule has 1 aliphatic carbocycles. The van der Waals surface area contributed by atoms with E-state index in [1.807, 2.05) is 20.8 Å². The number of hydrogen-bond acceptors (Lipinski definition) is 4. The van der Waals surface area contributed by atoms with E-state index >= 15 is 0 Å². The van der Waals surface area contributed by atoms with Crippen molar-refractivity contribution < 1.29 is 9.53 Å². The van der Waals surface area contributed by atoms with Crippen molar-refractivity contribution in [2.24, 2.45) is 17.3 Å². The third-order valence-electron chi connectivity index (χ3n) is 4.02. The van der Waals surface area contributed by atoms with Crippen LogP contribution in [0.5, 0.6) is 0 Å². The maximum absolute atomic E-state index is 11.8. The quantitative estimate of drug-likeness (QED) is 0.724. The summed E-state index contributed by atoms with van der Waals surface area (Å²) in [6.07, 6.45) is 3.09. The average Bonchev–Trinajstić information content (AvgIpc) is 2.32. The second-order valence-electron chi connectivity index (χ2n) is 8.05.